The zero-order valence-electron chi connectivity index (χ0n) is 11.7. The van der Waals surface area contributed by atoms with E-state index in [1.54, 1.807) is 6.07 Å². The molecule has 0 aliphatic carbocycles. The Morgan fingerprint density at radius 3 is 2.55 bits per heavy atom. The molecule has 0 bridgehead atoms. The summed E-state index contributed by atoms with van der Waals surface area (Å²) in [6, 6.07) is 7.63. The van der Waals surface area contributed by atoms with Crippen LogP contribution in [-0.4, -0.2) is 9.78 Å². The molecule has 0 aliphatic rings. The average molecular weight is 312 g/mol. The summed E-state index contributed by atoms with van der Waals surface area (Å²) >= 11 is 12.0. The van der Waals surface area contributed by atoms with Crippen molar-refractivity contribution in [3.8, 4) is 0 Å². The van der Waals surface area contributed by atoms with Gasteiger partial charge in [0.25, 0.3) is 0 Å². The molecule has 0 aliphatic heterocycles. The van der Waals surface area contributed by atoms with Gasteiger partial charge in [0.2, 0.25) is 0 Å². The Labute approximate surface area is 129 Å². The van der Waals surface area contributed by atoms with Gasteiger partial charge in [-0.15, -0.1) is 0 Å². The first-order valence-corrected chi connectivity index (χ1v) is 7.56. The van der Waals surface area contributed by atoms with Crippen molar-refractivity contribution in [1.29, 1.82) is 0 Å². The second kappa shape index (κ2) is 6.61. The predicted molar refractivity (Wildman–Crippen MR) is 84.4 cm³/mol. The largest absolute Gasteiger partial charge is 0.322 e. The monoisotopic (exact) mass is 311 g/mol. The molecule has 2 rings (SSSR count). The highest BCUT2D eigenvalue weighted by atomic mass is 35.5. The van der Waals surface area contributed by atoms with Gasteiger partial charge in [-0.3, -0.25) is 4.68 Å². The van der Waals surface area contributed by atoms with Gasteiger partial charge < -0.3 is 5.73 Å². The van der Waals surface area contributed by atoms with Gasteiger partial charge >= 0.3 is 0 Å². The van der Waals surface area contributed by atoms with Gasteiger partial charge in [0.1, 0.15) is 0 Å². The van der Waals surface area contributed by atoms with Crippen LogP contribution in [0.15, 0.2) is 24.3 Å². The highest BCUT2D eigenvalue weighted by molar-refractivity contribution is 6.42. The molecule has 0 saturated carbocycles. The van der Waals surface area contributed by atoms with E-state index in [0.717, 1.165) is 29.9 Å². The fourth-order valence-corrected chi connectivity index (χ4v) is 2.56. The first kappa shape index (κ1) is 15.4. The summed E-state index contributed by atoms with van der Waals surface area (Å²) in [4.78, 5) is 0. The van der Waals surface area contributed by atoms with E-state index in [4.69, 9.17) is 28.9 Å². The van der Waals surface area contributed by atoms with Crippen molar-refractivity contribution in [3.05, 3.63) is 51.3 Å². The van der Waals surface area contributed by atoms with E-state index < -0.39 is 0 Å². The summed E-state index contributed by atoms with van der Waals surface area (Å²) in [5.74, 6) is 0. The lowest BCUT2D eigenvalue weighted by molar-refractivity contribution is 0.565. The van der Waals surface area contributed by atoms with Gasteiger partial charge in [0.05, 0.1) is 27.5 Å². The molecule has 1 aromatic heterocycles. The minimum atomic E-state index is -0.0972. The number of halogens is 2. The van der Waals surface area contributed by atoms with Crippen LogP contribution in [0.2, 0.25) is 10.0 Å². The predicted octanol–water partition coefficient (Wildman–Crippen LogP) is 4.01. The Morgan fingerprint density at radius 2 is 1.95 bits per heavy atom. The molecule has 0 radical (unpaired) electrons. The van der Waals surface area contributed by atoms with Crippen LogP contribution in [0.4, 0.5) is 0 Å². The number of nitrogens with zero attached hydrogens (tertiary/aromatic N) is 2. The molecular formula is C15H19Cl2N3. The van der Waals surface area contributed by atoms with Gasteiger partial charge in [0, 0.05) is 6.54 Å². The van der Waals surface area contributed by atoms with Crippen LogP contribution >= 0.6 is 23.2 Å². The lowest BCUT2D eigenvalue weighted by Crippen LogP contribution is -2.18. The number of aryl methyl sites for hydroxylation is 2. The highest BCUT2D eigenvalue weighted by Crippen LogP contribution is 2.25. The number of hydrogen-bond acceptors (Lipinski definition) is 2. The van der Waals surface area contributed by atoms with Crippen LogP contribution in [0, 0.1) is 0 Å². The van der Waals surface area contributed by atoms with Crippen molar-refractivity contribution in [1.82, 2.24) is 9.78 Å². The van der Waals surface area contributed by atoms with E-state index in [1.165, 1.54) is 0 Å². The Hall–Kier alpha value is -1.03. The van der Waals surface area contributed by atoms with Crippen LogP contribution in [-0.2, 0) is 19.4 Å². The Bertz CT molecular complexity index is 593. The molecule has 1 unspecified atom stereocenters. The number of aromatic nitrogens is 2. The maximum atomic E-state index is 6.32. The molecule has 1 heterocycles. The van der Waals surface area contributed by atoms with E-state index in [9.17, 15) is 0 Å². The lowest BCUT2D eigenvalue weighted by atomic mass is 10.0. The second-order valence-corrected chi connectivity index (χ2v) is 5.60. The molecule has 2 aromatic rings. The number of rotatable bonds is 5. The van der Waals surface area contributed by atoms with Crippen LogP contribution in [0.1, 0.15) is 36.8 Å². The summed E-state index contributed by atoms with van der Waals surface area (Å²) in [7, 11) is 0. The zero-order chi connectivity index (χ0) is 14.7. The number of nitrogens with two attached hydrogens (primary N) is 1. The smallest absolute Gasteiger partial charge is 0.0625 e. The summed E-state index contributed by atoms with van der Waals surface area (Å²) in [5, 5.41) is 5.66. The summed E-state index contributed by atoms with van der Waals surface area (Å²) in [6.45, 7) is 4.99. The molecule has 3 nitrogen and oxygen atoms in total. The Kier molecular flexibility index (Phi) is 5.08. The summed E-state index contributed by atoms with van der Waals surface area (Å²) < 4.78 is 1.97. The van der Waals surface area contributed by atoms with Crippen LogP contribution in [0.25, 0.3) is 0 Å². The van der Waals surface area contributed by atoms with E-state index in [1.807, 2.05) is 16.8 Å². The van der Waals surface area contributed by atoms with Gasteiger partial charge in [-0.25, -0.2) is 0 Å². The van der Waals surface area contributed by atoms with Crippen LogP contribution in [0.5, 0.6) is 0 Å². The van der Waals surface area contributed by atoms with E-state index in [2.05, 4.69) is 25.0 Å². The van der Waals surface area contributed by atoms with E-state index >= 15 is 0 Å². The van der Waals surface area contributed by atoms with Crippen molar-refractivity contribution >= 4 is 23.2 Å². The highest BCUT2D eigenvalue weighted by Gasteiger charge is 2.14. The standard InChI is InChI=1S/C15H19Cl2N3/c1-3-11-9-15(20(4-2)19-11)14(18)8-10-5-6-12(16)13(17)7-10/h5-7,9,14H,3-4,8,18H2,1-2H3. The first-order chi connectivity index (χ1) is 9.55. The van der Waals surface area contributed by atoms with Gasteiger partial charge in [-0.2, -0.15) is 5.10 Å². The third kappa shape index (κ3) is 3.35. The van der Waals surface area contributed by atoms with E-state index in [0.29, 0.717) is 16.5 Å². The molecule has 20 heavy (non-hydrogen) atoms. The Balaban J connectivity index is 2.20. The van der Waals surface area contributed by atoms with Crippen molar-refractivity contribution in [3.63, 3.8) is 0 Å². The molecule has 1 atom stereocenters. The summed E-state index contributed by atoms with van der Waals surface area (Å²) in [6.07, 6.45) is 1.63. The molecular weight excluding hydrogens is 293 g/mol. The molecule has 5 heteroatoms. The quantitative estimate of drug-likeness (QED) is 0.906. The maximum absolute atomic E-state index is 6.32. The first-order valence-electron chi connectivity index (χ1n) is 6.81. The lowest BCUT2D eigenvalue weighted by Gasteiger charge is -2.13. The molecule has 1 aromatic carbocycles. The minimum absolute atomic E-state index is 0.0972. The van der Waals surface area contributed by atoms with Crippen molar-refractivity contribution < 1.29 is 0 Å². The third-order valence-electron chi connectivity index (χ3n) is 3.34. The average Bonchev–Trinajstić information content (AvgIpc) is 2.86. The van der Waals surface area contributed by atoms with Crippen molar-refractivity contribution in [2.45, 2.75) is 39.3 Å². The van der Waals surface area contributed by atoms with Crippen LogP contribution in [0.3, 0.4) is 0 Å². The fraction of sp³-hybridized carbons (Fsp3) is 0.400. The normalized spacial score (nSPS) is 12.7. The van der Waals surface area contributed by atoms with Gasteiger partial charge in [-0.1, -0.05) is 36.2 Å². The SMILES string of the molecule is CCc1cc(C(N)Cc2ccc(Cl)c(Cl)c2)n(CC)n1. The van der Waals surface area contributed by atoms with E-state index in [-0.39, 0.29) is 6.04 Å². The Morgan fingerprint density at radius 1 is 1.20 bits per heavy atom. The van der Waals surface area contributed by atoms with Crippen molar-refractivity contribution in [2.75, 3.05) is 0 Å². The van der Waals surface area contributed by atoms with Crippen LogP contribution < -0.4 is 5.73 Å². The minimum Gasteiger partial charge on any atom is -0.322 e. The molecule has 0 spiro atoms. The zero-order valence-corrected chi connectivity index (χ0v) is 13.2. The molecule has 2 N–H and O–H groups in total. The summed E-state index contributed by atoms with van der Waals surface area (Å²) in [5.41, 5.74) is 9.54. The fourth-order valence-electron chi connectivity index (χ4n) is 2.24. The molecule has 0 fully saturated rings. The molecule has 0 saturated heterocycles. The van der Waals surface area contributed by atoms with Gasteiger partial charge in [-0.05, 0) is 43.5 Å². The molecule has 0 amide bonds. The van der Waals surface area contributed by atoms with Gasteiger partial charge in [0.15, 0.2) is 0 Å². The topological polar surface area (TPSA) is 43.8 Å². The number of benzene rings is 1. The second-order valence-electron chi connectivity index (χ2n) is 4.79. The maximum Gasteiger partial charge on any atom is 0.0625 e. The van der Waals surface area contributed by atoms with Crippen molar-refractivity contribution in [2.24, 2.45) is 5.73 Å². The third-order valence-corrected chi connectivity index (χ3v) is 4.08. The molecule has 108 valence electrons. The number of hydrogen-bond donors (Lipinski definition) is 1.